The molecule has 2 fully saturated rings. The Morgan fingerprint density at radius 3 is 2.82 bits per heavy atom. The number of carbonyl (C=O) groups is 1. The summed E-state index contributed by atoms with van der Waals surface area (Å²) in [5, 5.41) is 7.28. The zero-order valence-electron chi connectivity index (χ0n) is 17.4. The molecule has 2 saturated heterocycles. The summed E-state index contributed by atoms with van der Waals surface area (Å²) in [6.07, 6.45) is 3.54. The van der Waals surface area contributed by atoms with Gasteiger partial charge in [0.15, 0.2) is 0 Å². The summed E-state index contributed by atoms with van der Waals surface area (Å²) in [5.74, 6) is 0.434. The summed E-state index contributed by atoms with van der Waals surface area (Å²) in [6, 6.07) is 10.7. The van der Waals surface area contributed by atoms with E-state index >= 15 is 0 Å². The van der Waals surface area contributed by atoms with Crippen molar-refractivity contribution in [3.63, 3.8) is 0 Å². The van der Waals surface area contributed by atoms with Crippen molar-refractivity contribution in [3.8, 4) is 0 Å². The Hall–Kier alpha value is -2.14. The largest absolute Gasteiger partial charge is 0.337 e. The molecule has 2 aliphatic heterocycles. The highest BCUT2D eigenvalue weighted by Crippen LogP contribution is 2.39. The van der Waals surface area contributed by atoms with Crippen LogP contribution in [-0.2, 0) is 6.54 Å². The fourth-order valence-electron chi connectivity index (χ4n) is 4.86. The highest BCUT2D eigenvalue weighted by Gasteiger charge is 2.43. The number of benzene rings is 1. The molecule has 0 radical (unpaired) electrons. The molecule has 0 unspecified atom stereocenters. The molecule has 1 atom stereocenters. The standard InChI is InChI=1S/C23H32N4O/c1-17(2)20-13-21(25-24-20)22(28)27-11-9-23(16-27)8-5-10-26(15-23)14-19-7-4-6-18(3)12-19/h4,6-7,12-13,17H,5,8-11,14-16H2,1-3H3,(H,24,25)/t23-/m0/s1. The minimum atomic E-state index is 0.0795. The van der Waals surface area contributed by atoms with Crippen LogP contribution < -0.4 is 0 Å². The van der Waals surface area contributed by atoms with Gasteiger partial charge in [-0.1, -0.05) is 43.7 Å². The molecule has 2 aliphatic rings. The average Bonchev–Trinajstić information content (AvgIpc) is 3.29. The maximum absolute atomic E-state index is 12.9. The molecular formula is C23H32N4O. The molecule has 0 saturated carbocycles. The monoisotopic (exact) mass is 380 g/mol. The highest BCUT2D eigenvalue weighted by atomic mass is 16.2. The van der Waals surface area contributed by atoms with E-state index in [1.165, 1.54) is 24.0 Å². The molecule has 0 bridgehead atoms. The zero-order chi connectivity index (χ0) is 19.7. The van der Waals surface area contributed by atoms with Gasteiger partial charge in [-0.15, -0.1) is 0 Å². The first kappa shape index (κ1) is 19.2. The first-order chi connectivity index (χ1) is 13.4. The molecule has 1 aromatic carbocycles. The Bertz CT molecular complexity index is 843. The van der Waals surface area contributed by atoms with Gasteiger partial charge in [0.1, 0.15) is 5.69 Å². The van der Waals surface area contributed by atoms with Crippen molar-refractivity contribution < 1.29 is 4.79 Å². The van der Waals surface area contributed by atoms with Crippen LogP contribution in [0.1, 0.15) is 66.3 Å². The van der Waals surface area contributed by atoms with Crippen LogP contribution in [0.25, 0.3) is 0 Å². The van der Waals surface area contributed by atoms with Crippen molar-refractivity contribution in [1.82, 2.24) is 20.0 Å². The van der Waals surface area contributed by atoms with Crippen LogP contribution in [0.3, 0.4) is 0 Å². The van der Waals surface area contributed by atoms with Crippen LogP contribution in [0.15, 0.2) is 30.3 Å². The van der Waals surface area contributed by atoms with Crippen LogP contribution in [0.4, 0.5) is 0 Å². The summed E-state index contributed by atoms with van der Waals surface area (Å²) < 4.78 is 0. The van der Waals surface area contributed by atoms with Gasteiger partial charge < -0.3 is 4.90 Å². The van der Waals surface area contributed by atoms with E-state index in [1.54, 1.807) is 0 Å². The summed E-state index contributed by atoms with van der Waals surface area (Å²) >= 11 is 0. The minimum absolute atomic E-state index is 0.0795. The Kier molecular flexibility index (Phi) is 5.28. The van der Waals surface area contributed by atoms with E-state index in [2.05, 4.69) is 60.1 Å². The third-order valence-corrected chi connectivity index (χ3v) is 6.39. The van der Waals surface area contributed by atoms with Crippen molar-refractivity contribution in [2.45, 2.75) is 52.5 Å². The number of nitrogens with one attached hydrogen (secondary N) is 1. The fourth-order valence-corrected chi connectivity index (χ4v) is 4.86. The van der Waals surface area contributed by atoms with E-state index in [9.17, 15) is 4.79 Å². The van der Waals surface area contributed by atoms with Crippen LogP contribution >= 0.6 is 0 Å². The van der Waals surface area contributed by atoms with E-state index in [1.807, 2.05) is 11.0 Å². The van der Waals surface area contributed by atoms with E-state index < -0.39 is 0 Å². The lowest BCUT2D eigenvalue weighted by Gasteiger charge is -2.40. The van der Waals surface area contributed by atoms with Gasteiger partial charge in [0.25, 0.3) is 5.91 Å². The molecule has 150 valence electrons. The first-order valence-electron chi connectivity index (χ1n) is 10.6. The Morgan fingerprint density at radius 2 is 2.07 bits per heavy atom. The number of aromatic amines is 1. The van der Waals surface area contributed by atoms with E-state index in [0.717, 1.165) is 44.8 Å². The van der Waals surface area contributed by atoms with Crippen LogP contribution in [0.5, 0.6) is 0 Å². The lowest BCUT2D eigenvalue weighted by atomic mass is 9.79. The number of aromatic nitrogens is 2. The molecule has 1 N–H and O–H groups in total. The van der Waals surface area contributed by atoms with Crippen LogP contribution in [-0.4, -0.2) is 52.1 Å². The van der Waals surface area contributed by atoms with Crippen molar-refractivity contribution in [2.24, 2.45) is 5.41 Å². The zero-order valence-corrected chi connectivity index (χ0v) is 17.4. The third-order valence-electron chi connectivity index (χ3n) is 6.39. The summed E-state index contributed by atoms with van der Waals surface area (Å²) in [5.41, 5.74) is 4.55. The lowest BCUT2D eigenvalue weighted by molar-refractivity contribution is 0.0671. The first-order valence-corrected chi connectivity index (χ1v) is 10.6. The molecule has 5 nitrogen and oxygen atoms in total. The summed E-state index contributed by atoms with van der Waals surface area (Å²) in [6.45, 7) is 11.3. The Morgan fingerprint density at radius 1 is 1.21 bits per heavy atom. The van der Waals surface area contributed by atoms with E-state index in [-0.39, 0.29) is 11.3 Å². The van der Waals surface area contributed by atoms with Crippen molar-refractivity contribution in [2.75, 3.05) is 26.2 Å². The molecule has 3 heterocycles. The fraction of sp³-hybridized carbons (Fsp3) is 0.565. The molecule has 2 aromatic rings. The molecule has 28 heavy (non-hydrogen) atoms. The smallest absolute Gasteiger partial charge is 0.274 e. The van der Waals surface area contributed by atoms with Gasteiger partial charge in [-0.3, -0.25) is 14.8 Å². The quantitative estimate of drug-likeness (QED) is 0.873. The molecule has 1 amide bonds. The number of carbonyl (C=O) groups excluding carboxylic acids is 1. The number of hydrogen-bond acceptors (Lipinski definition) is 3. The second kappa shape index (κ2) is 7.70. The molecule has 1 aromatic heterocycles. The molecule has 4 rings (SSSR count). The van der Waals surface area contributed by atoms with Gasteiger partial charge in [0.2, 0.25) is 0 Å². The predicted molar refractivity (Wildman–Crippen MR) is 111 cm³/mol. The summed E-state index contributed by atoms with van der Waals surface area (Å²) in [4.78, 5) is 17.6. The summed E-state index contributed by atoms with van der Waals surface area (Å²) in [7, 11) is 0. The number of piperidine rings is 1. The third kappa shape index (κ3) is 4.00. The topological polar surface area (TPSA) is 52.2 Å². The SMILES string of the molecule is Cc1cccc(CN2CCC[C@]3(CCN(C(=O)c4cc(C(C)C)[nH]n4)C3)C2)c1. The number of aryl methyl sites for hydroxylation is 1. The lowest BCUT2D eigenvalue weighted by Crippen LogP contribution is -2.45. The van der Waals surface area contributed by atoms with E-state index in [4.69, 9.17) is 0 Å². The van der Waals surface area contributed by atoms with Gasteiger partial charge >= 0.3 is 0 Å². The Balaban J connectivity index is 1.40. The second-order valence-electron chi connectivity index (χ2n) is 9.14. The number of H-pyrrole nitrogens is 1. The van der Waals surface area contributed by atoms with Gasteiger partial charge in [0.05, 0.1) is 0 Å². The predicted octanol–water partition coefficient (Wildman–Crippen LogP) is 3.97. The number of likely N-dealkylation sites (tertiary alicyclic amines) is 2. The molecule has 1 spiro atoms. The van der Waals surface area contributed by atoms with Crippen LogP contribution in [0, 0.1) is 12.3 Å². The maximum atomic E-state index is 12.9. The van der Waals surface area contributed by atoms with Crippen molar-refractivity contribution in [1.29, 1.82) is 0 Å². The van der Waals surface area contributed by atoms with Gasteiger partial charge in [-0.05, 0) is 50.3 Å². The average molecular weight is 381 g/mol. The van der Waals surface area contributed by atoms with Crippen molar-refractivity contribution >= 4 is 5.91 Å². The normalized spacial score (nSPS) is 23.1. The number of rotatable bonds is 4. The van der Waals surface area contributed by atoms with Crippen molar-refractivity contribution in [3.05, 3.63) is 52.8 Å². The second-order valence-corrected chi connectivity index (χ2v) is 9.14. The van der Waals surface area contributed by atoms with Gasteiger partial charge in [0, 0.05) is 37.3 Å². The Labute approximate surface area is 168 Å². The maximum Gasteiger partial charge on any atom is 0.274 e. The molecule has 0 aliphatic carbocycles. The van der Waals surface area contributed by atoms with E-state index in [0.29, 0.717) is 11.6 Å². The van der Waals surface area contributed by atoms with Gasteiger partial charge in [-0.2, -0.15) is 5.10 Å². The molecule has 5 heteroatoms. The minimum Gasteiger partial charge on any atom is -0.337 e. The molecular weight excluding hydrogens is 348 g/mol. The van der Waals surface area contributed by atoms with Gasteiger partial charge in [-0.25, -0.2) is 0 Å². The number of amides is 1. The van der Waals surface area contributed by atoms with Crippen LogP contribution in [0.2, 0.25) is 0 Å². The number of hydrogen-bond donors (Lipinski definition) is 1. The number of nitrogens with zero attached hydrogens (tertiary/aromatic N) is 3. The highest BCUT2D eigenvalue weighted by molar-refractivity contribution is 5.92.